The molecule has 0 unspecified atom stereocenters. The first kappa shape index (κ1) is 14.0. The van der Waals surface area contributed by atoms with Gasteiger partial charge in [-0.1, -0.05) is 30.1 Å². The predicted molar refractivity (Wildman–Crippen MR) is 74.0 cm³/mol. The Balaban J connectivity index is 2.12. The minimum absolute atomic E-state index is 0.390. The van der Waals surface area contributed by atoms with Gasteiger partial charge in [0.1, 0.15) is 5.75 Å². The molecule has 1 aromatic carbocycles. The molecular weight excluding hydrogens is 289 g/mol. The molecule has 0 saturated heterocycles. The third-order valence-electron chi connectivity index (χ3n) is 2.48. The number of nitrogens with zero attached hydrogens (tertiary/aromatic N) is 2. The fourth-order valence-electron chi connectivity index (χ4n) is 1.51. The lowest BCUT2D eigenvalue weighted by molar-refractivity contribution is 0.416. The van der Waals surface area contributed by atoms with Crippen molar-refractivity contribution in [3.63, 3.8) is 0 Å². The Bertz CT molecular complexity index is 572. The Morgan fingerprint density at radius 1 is 1.21 bits per heavy atom. The second-order valence-electron chi connectivity index (χ2n) is 3.76. The van der Waals surface area contributed by atoms with Gasteiger partial charge in [0.05, 0.1) is 29.4 Å². The van der Waals surface area contributed by atoms with Crippen molar-refractivity contribution in [2.75, 3.05) is 12.4 Å². The van der Waals surface area contributed by atoms with E-state index in [4.69, 9.17) is 32.4 Å². The van der Waals surface area contributed by atoms with Gasteiger partial charge in [-0.15, -0.1) is 10.2 Å². The number of nitrogens with one attached hydrogen (secondary N) is 1. The van der Waals surface area contributed by atoms with Crippen molar-refractivity contribution < 1.29 is 9.15 Å². The van der Waals surface area contributed by atoms with Gasteiger partial charge in [0, 0.05) is 12.5 Å². The first-order chi connectivity index (χ1) is 9.13. The van der Waals surface area contributed by atoms with E-state index in [1.54, 1.807) is 19.2 Å². The number of hydrogen-bond donors (Lipinski definition) is 1. The van der Waals surface area contributed by atoms with Gasteiger partial charge in [-0.05, 0) is 6.07 Å². The third kappa shape index (κ3) is 3.30. The van der Waals surface area contributed by atoms with Gasteiger partial charge in [-0.25, -0.2) is 0 Å². The molecule has 5 nitrogen and oxygen atoms in total. The lowest BCUT2D eigenvalue weighted by Gasteiger charge is -2.11. The molecule has 0 bridgehead atoms. The molecule has 102 valence electrons. The summed E-state index contributed by atoms with van der Waals surface area (Å²) in [5.41, 5.74) is 0.716. The summed E-state index contributed by atoms with van der Waals surface area (Å²) in [6.07, 6.45) is 0.711. The highest BCUT2D eigenvalue weighted by Gasteiger charge is 2.10. The van der Waals surface area contributed by atoms with Gasteiger partial charge in [0.15, 0.2) is 0 Å². The predicted octanol–water partition coefficient (Wildman–Crippen LogP) is 3.56. The molecule has 0 aliphatic rings. The van der Waals surface area contributed by atoms with Gasteiger partial charge in [-0.3, -0.25) is 0 Å². The van der Waals surface area contributed by atoms with Gasteiger partial charge in [0.25, 0.3) is 0 Å². The summed E-state index contributed by atoms with van der Waals surface area (Å²) in [6.45, 7) is 2.34. The molecule has 1 heterocycles. The fourth-order valence-corrected chi connectivity index (χ4v) is 1.83. The maximum atomic E-state index is 5.97. The lowest BCUT2D eigenvalue weighted by Crippen LogP contribution is -2.02. The standard InChI is InChI=1S/C12H13Cl2N3O2/c1-3-11-16-17-12(19-11)6-15-9-4-7(13)8(14)5-10(9)18-2/h4-5,15H,3,6H2,1-2H3. The van der Waals surface area contributed by atoms with Gasteiger partial charge >= 0.3 is 0 Å². The molecular formula is C12H13Cl2N3O2. The summed E-state index contributed by atoms with van der Waals surface area (Å²) in [4.78, 5) is 0. The number of hydrogen-bond acceptors (Lipinski definition) is 5. The summed E-state index contributed by atoms with van der Waals surface area (Å²) in [7, 11) is 1.56. The van der Waals surface area contributed by atoms with Crippen molar-refractivity contribution in [3.8, 4) is 5.75 Å². The van der Waals surface area contributed by atoms with Crippen LogP contribution in [0.25, 0.3) is 0 Å². The normalized spacial score (nSPS) is 10.5. The minimum Gasteiger partial charge on any atom is -0.495 e. The molecule has 0 radical (unpaired) electrons. The molecule has 2 aromatic rings. The van der Waals surface area contributed by atoms with E-state index in [1.165, 1.54) is 0 Å². The summed E-state index contributed by atoms with van der Waals surface area (Å²) >= 11 is 11.9. The van der Waals surface area contributed by atoms with Crippen LogP contribution < -0.4 is 10.1 Å². The molecule has 1 aromatic heterocycles. The fraction of sp³-hybridized carbons (Fsp3) is 0.333. The van der Waals surface area contributed by atoms with Crippen LogP contribution in [0.2, 0.25) is 10.0 Å². The van der Waals surface area contributed by atoms with Crippen LogP contribution in [0.3, 0.4) is 0 Å². The second-order valence-corrected chi connectivity index (χ2v) is 4.58. The van der Waals surface area contributed by atoms with Crippen molar-refractivity contribution >= 4 is 28.9 Å². The number of anilines is 1. The molecule has 0 saturated carbocycles. The average Bonchev–Trinajstić information content (AvgIpc) is 2.87. The maximum absolute atomic E-state index is 5.97. The highest BCUT2D eigenvalue weighted by Crippen LogP contribution is 2.34. The zero-order chi connectivity index (χ0) is 13.8. The number of methoxy groups -OCH3 is 1. The molecule has 1 N–H and O–H groups in total. The van der Waals surface area contributed by atoms with Crippen LogP contribution in [0.1, 0.15) is 18.7 Å². The topological polar surface area (TPSA) is 60.2 Å². The highest BCUT2D eigenvalue weighted by atomic mass is 35.5. The minimum atomic E-state index is 0.390. The molecule has 0 amide bonds. The Morgan fingerprint density at radius 2 is 1.89 bits per heavy atom. The van der Waals surface area contributed by atoms with E-state index in [-0.39, 0.29) is 0 Å². The van der Waals surface area contributed by atoms with Crippen molar-refractivity contribution in [1.82, 2.24) is 10.2 Å². The zero-order valence-corrected chi connectivity index (χ0v) is 12.0. The Labute approximate surface area is 120 Å². The summed E-state index contributed by atoms with van der Waals surface area (Å²) in [6, 6.07) is 3.34. The summed E-state index contributed by atoms with van der Waals surface area (Å²) < 4.78 is 10.6. The SMILES string of the molecule is CCc1nnc(CNc2cc(Cl)c(Cl)cc2OC)o1. The number of ether oxygens (including phenoxy) is 1. The third-order valence-corrected chi connectivity index (χ3v) is 3.21. The average molecular weight is 302 g/mol. The first-order valence-electron chi connectivity index (χ1n) is 5.72. The smallest absolute Gasteiger partial charge is 0.235 e. The van der Waals surface area contributed by atoms with Crippen molar-refractivity contribution in [2.24, 2.45) is 0 Å². The molecule has 0 aliphatic carbocycles. The van der Waals surface area contributed by atoms with Crippen molar-refractivity contribution in [3.05, 3.63) is 34.0 Å². The van der Waals surface area contributed by atoms with E-state index >= 15 is 0 Å². The van der Waals surface area contributed by atoms with Crippen LogP contribution in [0.15, 0.2) is 16.5 Å². The Kier molecular flexibility index (Phi) is 4.50. The van der Waals surface area contributed by atoms with E-state index in [1.807, 2.05) is 6.92 Å². The van der Waals surface area contributed by atoms with Gasteiger partial charge < -0.3 is 14.5 Å². The van der Waals surface area contributed by atoms with Crippen LogP contribution in [-0.4, -0.2) is 17.3 Å². The Morgan fingerprint density at radius 3 is 2.53 bits per heavy atom. The number of aryl methyl sites for hydroxylation is 1. The molecule has 19 heavy (non-hydrogen) atoms. The maximum Gasteiger partial charge on any atom is 0.235 e. The van der Waals surface area contributed by atoms with Crippen LogP contribution in [0.4, 0.5) is 5.69 Å². The van der Waals surface area contributed by atoms with Crippen LogP contribution >= 0.6 is 23.2 Å². The molecule has 2 rings (SSSR count). The molecule has 0 atom stereocenters. The lowest BCUT2D eigenvalue weighted by atomic mass is 10.3. The molecule has 0 spiro atoms. The van der Waals surface area contributed by atoms with Crippen molar-refractivity contribution in [1.29, 1.82) is 0 Å². The summed E-state index contributed by atoms with van der Waals surface area (Å²) in [5, 5.41) is 11.8. The highest BCUT2D eigenvalue weighted by molar-refractivity contribution is 6.42. The zero-order valence-electron chi connectivity index (χ0n) is 10.5. The van der Waals surface area contributed by atoms with E-state index in [9.17, 15) is 0 Å². The molecule has 0 aliphatic heterocycles. The van der Waals surface area contributed by atoms with Crippen LogP contribution in [0, 0.1) is 0 Å². The van der Waals surface area contributed by atoms with Crippen LogP contribution in [-0.2, 0) is 13.0 Å². The summed E-state index contributed by atoms with van der Waals surface area (Å²) in [5.74, 6) is 1.72. The number of benzene rings is 1. The second kappa shape index (κ2) is 6.12. The van der Waals surface area contributed by atoms with Crippen molar-refractivity contribution in [2.45, 2.75) is 19.9 Å². The van der Waals surface area contributed by atoms with Crippen LogP contribution in [0.5, 0.6) is 5.75 Å². The van der Waals surface area contributed by atoms with Gasteiger partial charge in [0.2, 0.25) is 11.8 Å². The number of aromatic nitrogens is 2. The quantitative estimate of drug-likeness (QED) is 0.915. The monoisotopic (exact) mass is 301 g/mol. The molecule has 7 heteroatoms. The largest absolute Gasteiger partial charge is 0.495 e. The van der Waals surface area contributed by atoms with Gasteiger partial charge in [-0.2, -0.15) is 0 Å². The van der Waals surface area contributed by atoms with E-state index in [0.717, 1.165) is 0 Å². The number of halogens is 2. The first-order valence-corrected chi connectivity index (χ1v) is 6.47. The number of rotatable bonds is 5. The molecule has 0 fully saturated rings. The van der Waals surface area contributed by atoms with E-state index < -0.39 is 0 Å². The van der Waals surface area contributed by atoms with E-state index in [0.29, 0.717) is 46.2 Å². The Hall–Kier alpha value is -1.46. The van der Waals surface area contributed by atoms with E-state index in [2.05, 4.69) is 15.5 Å².